The molecule has 0 spiro atoms. The third-order valence-electron chi connectivity index (χ3n) is 2.24. The summed E-state index contributed by atoms with van der Waals surface area (Å²) >= 11 is 0. The lowest BCUT2D eigenvalue weighted by molar-refractivity contribution is 0.415. The number of terminal acetylenes is 1. The van der Waals surface area contributed by atoms with Crippen molar-refractivity contribution in [1.82, 2.24) is 15.0 Å². The van der Waals surface area contributed by atoms with Crippen LogP contribution < -0.4 is 4.74 Å². The summed E-state index contributed by atoms with van der Waals surface area (Å²) in [5.41, 5.74) is 1.92. The minimum Gasteiger partial charge on any atom is -0.497 e. The van der Waals surface area contributed by atoms with E-state index >= 15 is 0 Å². The summed E-state index contributed by atoms with van der Waals surface area (Å²) in [6.07, 6.45) is 6.95. The largest absolute Gasteiger partial charge is 0.497 e. The zero-order chi connectivity index (χ0) is 11.4. The van der Waals surface area contributed by atoms with Crippen LogP contribution in [0.15, 0.2) is 30.5 Å². The molecule has 0 saturated heterocycles. The first kappa shape index (κ1) is 10.2. The molecule has 0 unspecified atom stereocenters. The van der Waals surface area contributed by atoms with Gasteiger partial charge in [-0.2, -0.15) is 0 Å². The Morgan fingerprint density at radius 3 is 2.75 bits per heavy atom. The molecule has 0 aliphatic carbocycles. The predicted octanol–water partition coefficient (Wildman–Crippen LogP) is 1.59. The number of nitrogens with zero attached hydrogens (tertiary/aromatic N) is 3. The van der Waals surface area contributed by atoms with Crippen LogP contribution in [0.5, 0.6) is 5.75 Å². The highest BCUT2D eigenvalue weighted by atomic mass is 16.5. The van der Waals surface area contributed by atoms with Crippen LogP contribution in [0.1, 0.15) is 0 Å². The fraction of sp³-hybridized carbons (Fsp3) is 0.167. The fourth-order valence-corrected chi connectivity index (χ4v) is 1.45. The number of rotatable bonds is 3. The van der Waals surface area contributed by atoms with Gasteiger partial charge in [0, 0.05) is 5.56 Å². The molecule has 0 aliphatic rings. The second-order valence-electron chi connectivity index (χ2n) is 3.21. The van der Waals surface area contributed by atoms with E-state index in [2.05, 4.69) is 16.2 Å². The standard InChI is InChI=1S/C12H11N3O/c1-3-8-15-12(9-13-14-15)10-4-6-11(16-2)7-5-10/h1,4-7,9H,8H2,2H3. The third-order valence-corrected chi connectivity index (χ3v) is 2.24. The summed E-state index contributed by atoms with van der Waals surface area (Å²) in [5.74, 6) is 3.36. The highest BCUT2D eigenvalue weighted by molar-refractivity contribution is 5.59. The van der Waals surface area contributed by atoms with Crippen LogP contribution >= 0.6 is 0 Å². The SMILES string of the molecule is C#CCn1nncc1-c1ccc(OC)cc1. The van der Waals surface area contributed by atoms with E-state index in [9.17, 15) is 0 Å². The van der Waals surface area contributed by atoms with Crippen molar-refractivity contribution in [1.29, 1.82) is 0 Å². The number of aromatic nitrogens is 3. The molecule has 80 valence electrons. The van der Waals surface area contributed by atoms with Gasteiger partial charge in [-0.3, -0.25) is 0 Å². The molecule has 1 aromatic heterocycles. The normalized spacial score (nSPS) is 9.75. The van der Waals surface area contributed by atoms with E-state index in [1.807, 2.05) is 24.3 Å². The van der Waals surface area contributed by atoms with E-state index in [0.29, 0.717) is 6.54 Å². The molecule has 2 aromatic rings. The minimum absolute atomic E-state index is 0.418. The Labute approximate surface area is 93.9 Å². The highest BCUT2D eigenvalue weighted by Crippen LogP contribution is 2.21. The summed E-state index contributed by atoms with van der Waals surface area (Å²) in [5, 5.41) is 7.76. The molecule has 0 saturated carbocycles. The van der Waals surface area contributed by atoms with Crippen LogP contribution in [0.25, 0.3) is 11.3 Å². The van der Waals surface area contributed by atoms with Crippen molar-refractivity contribution >= 4 is 0 Å². The molecule has 0 amide bonds. The number of ether oxygens (including phenoxy) is 1. The lowest BCUT2D eigenvalue weighted by Crippen LogP contribution is -2.00. The molecule has 0 radical (unpaired) electrons. The summed E-state index contributed by atoms with van der Waals surface area (Å²) in [4.78, 5) is 0. The van der Waals surface area contributed by atoms with Crippen LogP contribution in [0, 0.1) is 12.3 Å². The number of hydrogen-bond acceptors (Lipinski definition) is 3. The van der Waals surface area contributed by atoms with Gasteiger partial charge in [-0.05, 0) is 24.3 Å². The van der Waals surface area contributed by atoms with Crippen molar-refractivity contribution in [3.8, 4) is 29.4 Å². The molecule has 0 N–H and O–H groups in total. The zero-order valence-corrected chi connectivity index (χ0v) is 8.92. The van der Waals surface area contributed by atoms with Gasteiger partial charge in [-0.15, -0.1) is 11.5 Å². The maximum atomic E-state index is 5.25. The van der Waals surface area contributed by atoms with Gasteiger partial charge >= 0.3 is 0 Å². The molecule has 0 bridgehead atoms. The summed E-state index contributed by atoms with van der Waals surface area (Å²) < 4.78 is 6.78. The zero-order valence-electron chi connectivity index (χ0n) is 8.92. The van der Waals surface area contributed by atoms with Gasteiger partial charge in [0.1, 0.15) is 12.3 Å². The molecule has 4 nitrogen and oxygen atoms in total. The molecule has 1 heterocycles. The Balaban J connectivity index is 2.35. The van der Waals surface area contributed by atoms with Crippen molar-refractivity contribution in [2.24, 2.45) is 0 Å². The fourth-order valence-electron chi connectivity index (χ4n) is 1.45. The Morgan fingerprint density at radius 1 is 1.38 bits per heavy atom. The maximum absolute atomic E-state index is 5.25. The first-order valence-electron chi connectivity index (χ1n) is 4.81. The van der Waals surface area contributed by atoms with Crippen LogP contribution in [-0.4, -0.2) is 22.1 Å². The smallest absolute Gasteiger partial charge is 0.118 e. The monoisotopic (exact) mass is 213 g/mol. The van der Waals surface area contributed by atoms with Crippen LogP contribution in [0.2, 0.25) is 0 Å². The third kappa shape index (κ3) is 1.89. The second-order valence-corrected chi connectivity index (χ2v) is 3.21. The Hall–Kier alpha value is -2.28. The molecular weight excluding hydrogens is 202 g/mol. The van der Waals surface area contributed by atoms with Gasteiger partial charge in [-0.25, -0.2) is 4.68 Å². The highest BCUT2D eigenvalue weighted by Gasteiger charge is 2.05. The van der Waals surface area contributed by atoms with E-state index in [1.165, 1.54) is 0 Å². The lowest BCUT2D eigenvalue weighted by Gasteiger charge is -2.04. The summed E-state index contributed by atoms with van der Waals surface area (Å²) in [6, 6.07) is 7.68. The van der Waals surface area contributed by atoms with Crippen molar-refractivity contribution in [3.63, 3.8) is 0 Å². The van der Waals surface area contributed by atoms with Gasteiger partial charge in [0.15, 0.2) is 0 Å². The first-order chi connectivity index (χ1) is 7.85. The topological polar surface area (TPSA) is 39.9 Å². The molecule has 2 rings (SSSR count). The Kier molecular flexibility index (Phi) is 2.88. The average molecular weight is 213 g/mol. The van der Waals surface area contributed by atoms with Gasteiger partial charge in [-0.1, -0.05) is 11.1 Å². The molecular formula is C12H11N3O. The maximum Gasteiger partial charge on any atom is 0.118 e. The number of methoxy groups -OCH3 is 1. The van der Waals surface area contributed by atoms with E-state index in [4.69, 9.17) is 11.2 Å². The predicted molar refractivity (Wildman–Crippen MR) is 60.8 cm³/mol. The van der Waals surface area contributed by atoms with E-state index in [-0.39, 0.29) is 0 Å². The molecule has 16 heavy (non-hydrogen) atoms. The molecule has 0 fully saturated rings. The van der Waals surface area contributed by atoms with Gasteiger partial charge in [0.05, 0.1) is 19.0 Å². The Bertz CT molecular complexity index is 508. The van der Waals surface area contributed by atoms with Crippen molar-refractivity contribution in [2.45, 2.75) is 6.54 Å². The summed E-state index contributed by atoms with van der Waals surface area (Å²) in [7, 11) is 1.64. The van der Waals surface area contributed by atoms with Gasteiger partial charge in [0.25, 0.3) is 0 Å². The molecule has 4 heteroatoms. The number of hydrogen-bond donors (Lipinski definition) is 0. The Morgan fingerprint density at radius 2 is 2.12 bits per heavy atom. The lowest BCUT2D eigenvalue weighted by atomic mass is 10.1. The summed E-state index contributed by atoms with van der Waals surface area (Å²) in [6.45, 7) is 0.418. The van der Waals surface area contributed by atoms with Crippen molar-refractivity contribution in [3.05, 3.63) is 30.5 Å². The van der Waals surface area contributed by atoms with E-state index in [1.54, 1.807) is 18.0 Å². The van der Waals surface area contributed by atoms with Crippen LogP contribution in [0.3, 0.4) is 0 Å². The van der Waals surface area contributed by atoms with Crippen molar-refractivity contribution < 1.29 is 4.74 Å². The van der Waals surface area contributed by atoms with Gasteiger partial charge in [0.2, 0.25) is 0 Å². The van der Waals surface area contributed by atoms with E-state index < -0.39 is 0 Å². The van der Waals surface area contributed by atoms with E-state index in [0.717, 1.165) is 17.0 Å². The minimum atomic E-state index is 0.418. The van der Waals surface area contributed by atoms with Gasteiger partial charge < -0.3 is 4.74 Å². The van der Waals surface area contributed by atoms with Crippen LogP contribution in [0.4, 0.5) is 0 Å². The van der Waals surface area contributed by atoms with Crippen molar-refractivity contribution in [2.75, 3.05) is 7.11 Å². The molecule has 0 atom stereocenters. The average Bonchev–Trinajstić information content (AvgIpc) is 2.78. The molecule has 0 aliphatic heterocycles. The van der Waals surface area contributed by atoms with Crippen LogP contribution in [-0.2, 0) is 6.54 Å². The second kappa shape index (κ2) is 4.49. The number of benzene rings is 1. The quantitative estimate of drug-likeness (QED) is 0.727. The molecule has 1 aromatic carbocycles. The first-order valence-corrected chi connectivity index (χ1v) is 4.81.